The number of hydrogen-bond donors (Lipinski definition) is 1. The van der Waals surface area contributed by atoms with Gasteiger partial charge in [-0.05, 0) is 17.7 Å². The second-order valence-electron chi connectivity index (χ2n) is 4.84. The molecule has 20 heavy (non-hydrogen) atoms. The summed E-state index contributed by atoms with van der Waals surface area (Å²) in [5, 5.41) is 0.672. The molecule has 0 amide bonds. The van der Waals surface area contributed by atoms with Crippen molar-refractivity contribution in [3.05, 3.63) is 34.9 Å². The summed E-state index contributed by atoms with van der Waals surface area (Å²) < 4.78 is 30.6. The fraction of sp³-hybridized carbons (Fsp3) is 0.538. The summed E-state index contributed by atoms with van der Waals surface area (Å²) in [5.74, 6) is 0. The van der Waals surface area contributed by atoms with Gasteiger partial charge in [-0.15, -0.1) is 0 Å². The molecule has 0 aliphatic carbocycles. The van der Waals surface area contributed by atoms with Gasteiger partial charge < -0.3 is 4.74 Å². The maximum absolute atomic E-state index is 11.3. The summed E-state index contributed by atoms with van der Waals surface area (Å²) >= 11 is 5.91. The van der Waals surface area contributed by atoms with Crippen molar-refractivity contribution in [2.45, 2.75) is 6.04 Å². The van der Waals surface area contributed by atoms with Gasteiger partial charge in [0.1, 0.15) is 0 Å². The molecule has 7 heteroatoms. The molecule has 1 heterocycles. The maximum Gasteiger partial charge on any atom is 0.208 e. The first kappa shape index (κ1) is 15.7. The lowest BCUT2D eigenvalue weighted by molar-refractivity contribution is 0.0172. The Morgan fingerprint density at radius 2 is 1.90 bits per heavy atom. The highest BCUT2D eigenvalue weighted by atomic mass is 35.5. The van der Waals surface area contributed by atoms with Crippen LogP contribution in [-0.4, -0.2) is 52.4 Å². The molecule has 1 aliphatic heterocycles. The summed E-state index contributed by atoms with van der Waals surface area (Å²) in [5.41, 5.74) is 1.05. The van der Waals surface area contributed by atoms with E-state index >= 15 is 0 Å². The van der Waals surface area contributed by atoms with Crippen LogP contribution in [-0.2, 0) is 14.8 Å². The third-order valence-electron chi connectivity index (χ3n) is 3.28. The van der Waals surface area contributed by atoms with E-state index in [4.69, 9.17) is 16.3 Å². The molecule has 0 bridgehead atoms. The SMILES string of the molecule is CS(=O)(=O)NCC(c1ccc(Cl)cc1)N1CCOCC1. The molecule has 0 radical (unpaired) electrons. The van der Waals surface area contributed by atoms with Crippen molar-refractivity contribution in [3.63, 3.8) is 0 Å². The lowest BCUT2D eigenvalue weighted by Crippen LogP contribution is -2.43. The molecule has 2 rings (SSSR count). The van der Waals surface area contributed by atoms with E-state index in [1.807, 2.05) is 24.3 Å². The fourth-order valence-electron chi connectivity index (χ4n) is 2.26. The number of benzene rings is 1. The number of hydrogen-bond acceptors (Lipinski definition) is 4. The number of nitrogens with zero attached hydrogens (tertiary/aromatic N) is 1. The predicted molar refractivity (Wildman–Crippen MR) is 79.4 cm³/mol. The Hall–Kier alpha value is -0.660. The molecule has 1 unspecified atom stereocenters. The molecule has 1 aromatic carbocycles. The van der Waals surface area contributed by atoms with Crippen molar-refractivity contribution < 1.29 is 13.2 Å². The highest BCUT2D eigenvalue weighted by Gasteiger charge is 2.23. The van der Waals surface area contributed by atoms with Crippen molar-refractivity contribution >= 4 is 21.6 Å². The van der Waals surface area contributed by atoms with Crippen LogP contribution in [0.5, 0.6) is 0 Å². The number of ether oxygens (including phenoxy) is 1. The van der Waals surface area contributed by atoms with Gasteiger partial charge in [0, 0.05) is 30.7 Å². The maximum atomic E-state index is 11.3. The Bertz CT molecular complexity index is 527. The number of halogens is 1. The topological polar surface area (TPSA) is 58.6 Å². The molecule has 1 fully saturated rings. The van der Waals surface area contributed by atoms with Crippen LogP contribution in [0.4, 0.5) is 0 Å². The van der Waals surface area contributed by atoms with E-state index in [-0.39, 0.29) is 6.04 Å². The largest absolute Gasteiger partial charge is 0.379 e. The van der Waals surface area contributed by atoms with Crippen molar-refractivity contribution in [1.29, 1.82) is 0 Å². The molecule has 1 aliphatic rings. The zero-order chi connectivity index (χ0) is 14.6. The van der Waals surface area contributed by atoms with Gasteiger partial charge in [-0.1, -0.05) is 23.7 Å². The molecule has 0 spiro atoms. The lowest BCUT2D eigenvalue weighted by Gasteiger charge is -2.34. The van der Waals surface area contributed by atoms with Crippen molar-refractivity contribution in [3.8, 4) is 0 Å². The minimum absolute atomic E-state index is 0.00843. The van der Waals surface area contributed by atoms with Crippen molar-refractivity contribution in [2.75, 3.05) is 39.1 Å². The average Bonchev–Trinajstić information content (AvgIpc) is 2.41. The zero-order valence-electron chi connectivity index (χ0n) is 11.4. The number of nitrogens with one attached hydrogen (secondary N) is 1. The van der Waals surface area contributed by atoms with Gasteiger partial charge in [0.15, 0.2) is 0 Å². The number of morpholine rings is 1. The summed E-state index contributed by atoms with van der Waals surface area (Å²) in [6, 6.07) is 7.51. The summed E-state index contributed by atoms with van der Waals surface area (Å²) in [6.45, 7) is 3.27. The first-order chi connectivity index (χ1) is 9.46. The van der Waals surface area contributed by atoms with Crippen LogP contribution >= 0.6 is 11.6 Å². The number of rotatable bonds is 5. The predicted octanol–water partition coefficient (Wildman–Crippen LogP) is 1.26. The molecule has 112 valence electrons. The second-order valence-corrected chi connectivity index (χ2v) is 7.11. The smallest absolute Gasteiger partial charge is 0.208 e. The van der Waals surface area contributed by atoms with Crippen molar-refractivity contribution in [1.82, 2.24) is 9.62 Å². The van der Waals surface area contributed by atoms with E-state index in [0.29, 0.717) is 24.8 Å². The minimum atomic E-state index is -3.21. The minimum Gasteiger partial charge on any atom is -0.379 e. The van der Waals surface area contributed by atoms with E-state index < -0.39 is 10.0 Å². The summed E-state index contributed by atoms with van der Waals surface area (Å²) in [4.78, 5) is 2.23. The third-order valence-corrected chi connectivity index (χ3v) is 4.22. The Labute approximate surface area is 124 Å². The third kappa shape index (κ3) is 4.71. The molecule has 1 N–H and O–H groups in total. The van der Waals surface area contributed by atoms with Gasteiger partial charge in [0.2, 0.25) is 10.0 Å². The molecule has 5 nitrogen and oxygen atoms in total. The summed E-state index contributed by atoms with van der Waals surface area (Å²) in [7, 11) is -3.21. The van der Waals surface area contributed by atoms with Gasteiger partial charge in [-0.25, -0.2) is 13.1 Å². The first-order valence-electron chi connectivity index (χ1n) is 6.47. The highest BCUT2D eigenvalue weighted by molar-refractivity contribution is 7.88. The van der Waals surface area contributed by atoms with Crippen LogP contribution in [0.2, 0.25) is 5.02 Å². The van der Waals surface area contributed by atoms with Gasteiger partial charge in [-0.3, -0.25) is 4.90 Å². The van der Waals surface area contributed by atoms with Gasteiger partial charge in [-0.2, -0.15) is 0 Å². The average molecular weight is 319 g/mol. The molecule has 0 aromatic heterocycles. The van der Waals surface area contributed by atoms with E-state index in [2.05, 4.69) is 9.62 Å². The van der Waals surface area contributed by atoms with Gasteiger partial charge in [0.25, 0.3) is 0 Å². The van der Waals surface area contributed by atoms with Crippen LogP contribution in [0.1, 0.15) is 11.6 Å². The summed E-state index contributed by atoms with van der Waals surface area (Å²) in [6.07, 6.45) is 1.17. The highest BCUT2D eigenvalue weighted by Crippen LogP contribution is 2.23. The molecular formula is C13H19ClN2O3S. The standard InChI is InChI=1S/C13H19ClN2O3S/c1-20(17,18)15-10-13(16-6-8-19-9-7-16)11-2-4-12(14)5-3-11/h2-5,13,15H,6-10H2,1H3. The van der Waals surface area contributed by atoms with E-state index in [9.17, 15) is 8.42 Å². The Kier molecular flexibility index (Phi) is 5.40. The van der Waals surface area contributed by atoms with Crippen LogP contribution < -0.4 is 4.72 Å². The van der Waals surface area contributed by atoms with Gasteiger partial charge >= 0.3 is 0 Å². The molecular weight excluding hydrogens is 300 g/mol. The monoisotopic (exact) mass is 318 g/mol. The second kappa shape index (κ2) is 6.87. The zero-order valence-corrected chi connectivity index (χ0v) is 13.0. The van der Waals surface area contributed by atoms with Crippen LogP contribution in [0.15, 0.2) is 24.3 Å². The molecule has 1 saturated heterocycles. The lowest BCUT2D eigenvalue weighted by atomic mass is 10.1. The Morgan fingerprint density at radius 3 is 2.45 bits per heavy atom. The quantitative estimate of drug-likeness (QED) is 0.888. The van der Waals surface area contributed by atoms with E-state index in [1.54, 1.807) is 0 Å². The first-order valence-corrected chi connectivity index (χ1v) is 8.74. The van der Waals surface area contributed by atoms with E-state index in [0.717, 1.165) is 18.7 Å². The van der Waals surface area contributed by atoms with Crippen molar-refractivity contribution in [2.24, 2.45) is 0 Å². The Morgan fingerprint density at radius 1 is 1.30 bits per heavy atom. The normalized spacial score (nSPS) is 18.9. The van der Waals surface area contributed by atoms with Gasteiger partial charge in [0.05, 0.1) is 19.5 Å². The van der Waals surface area contributed by atoms with Crippen LogP contribution in [0.3, 0.4) is 0 Å². The molecule has 0 saturated carbocycles. The fourth-order valence-corrected chi connectivity index (χ4v) is 2.85. The van der Waals surface area contributed by atoms with Crippen LogP contribution in [0.25, 0.3) is 0 Å². The van der Waals surface area contributed by atoms with E-state index in [1.165, 1.54) is 6.26 Å². The molecule has 1 atom stereocenters. The molecule has 1 aromatic rings. The number of sulfonamides is 1. The Balaban J connectivity index is 2.16. The van der Waals surface area contributed by atoms with Crippen LogP contribution in [0, 0.1) is 0 Å².